The Morgan fingerprint density at radius 3 is 3.00 bits per heavy atom. The van der Waals surface area contributed by atoms with Crippen molar-refractivity contribution in [2.45, 2.75) is 38.2 Å². The predicted octanol–water partition coefficient (Wildman–Crippen LogP) is 1.35. The summed E-state index contributed by atoms with van der Waals surface area (Å²) in [5, 5.41) is 8.64. The Bertz CT molecular complexity index is 238. The van der Waals surface area contributed by atoms with Crippen LogP contribution in [0.15, 0.2) is 0 Å². The van der Waals surface area contributed by atoms with E-state index < -0.39 is 5.97 Å². The minimum atomic E-state index is -0.669. The zero-order valence-corrected chi connectivity index (χ0v) is 9.73. The normalized spacial score (nSPS) is 31.0. The van der Waals surface area contributed by atoms with E-state index in [2.05, 4.69) is 4.90 Å². The Kier molecular flexibility index (Phi) is 4.18. The molecule has 0 aromatic heterocycles. The third-order valence-corrected chi connectivity index (χ3v) is 3.62. The van der Waals surface area contributed by atoms with E-state index >= 15 is 0 Å². The Hall–Kier alpha value is -0.610. The number of nitrogens with zero attached hydrogens (tertiary/aromatic N) is 1. The number of carbonyl (C=O) groups is 1. The van der Waals surface area contributed by atoms with Gasteiger partial charge in [-0.3, -0.25) is 4.79 Å². The second-order valence-corrected chi connectivity index (χ2v) is 4.98. The van der Waals surface area contributed by atoms with E-state index in [0.717, 1.165) is 39.1 Å². The fourth-order valence-corrected chi connectivity index (χ4v) is 2.72. The predicted molar refractivity (Wildman–Crippen MR) is 60.4 cm³/mol. The molecular weight excluding hydrogens is 206 g/mol. The number of hydrogen-bond donors (Lipinski definition) is 1. The molecule has 0 amide bonds. The highest BCUT2D eigenvalue weighted by Crippen LogP contribution is 2.23. The van der Waals surface area contributed by atoms with Crippen molar-refractivity contribution < 1.29 is 14.6 Å². The molecule has 2 heterocycles. The summed E-state index contributed by atoms with van der Waals surface area (Å²) in [4.78, 5) is 12.9. The Morgan fingerprint density at radius 2 is 2.31 bits per heavy atom. The van der Waals surface area contributed by atoms with E-state index in [-0.39, 0.29) is 0 Å². The van der Waals surface area contributed by atoms with Crippen molar-refractivity contribution in [2.75, 3.05) is 26.2 Å². The molecule has 0 bridgehead atoms. The van der Waals surface area contributed by atoms with E-state index in [1.54, 1.807) is 0 Å². The van der Waals surface area contributed by atoms with Gasteiger partial charge < -0.3 is 14.7 Å². The minimum Gasteiger partial charge on any atom is -0.481 e. The number of hydrogen-bond acceptors (Lipinski definition) is 3. The topological polar surface area (TPSA) is 49.8 Å². The quantitative estimate of drug-likeness (QED) is 0.770. The maximum absolute atomic E-state index is 10.5. The van der Waals surface area contributed by atoms with Crippen LogP contribution in [0.1, 0.15) is 32.1 Å². The molecule has 2 unspecified atom stereocenters. The summed E-state index contributed by atoms with van der Waals surface area (Å²) >= 11 is 0. The number of carboxylic acid groups (broad SMARTS) is 1. The molecule has 2 atom stereocenters. The Balaban J connectivity index is 1.64. The van der Waals surface area contributed by atoms with E-state index in [1.165, 1.54) is 12.8 Å². The second kappa shape index (κ2) is 5.64. The molecule has 0 radical (unpaired) electrons. The molecule has 2 fully saturated rings. The van der Waals surface area contributed by atoms with Crippen LogP contribution in [0.25, 0.3) is 0 Å². The highest BCUT2D eigenvalue weighted by Gasteiger charge is 2.26. The van der Waals surface area contributed by atoms with Crippen molar-refractivity contribution in [1.82, 2.24) is 4.90 Å². The van der Waals surface area contributed by atoms with Crippen LogP contribution in [-0.4, -0.2) is 48.3 Å². The molecular formula is C12H21NO3. The van der Waals surface area contributed by atoms with Gasteiger partial charge in [-0.25, -0.2) is 0 Å². The lowest BCUT2D eigenvalue weighted by atomic mass is 10.0. The molecule has 0 spiro atoms. The van der Waals surface area contributed by atoms with Gasteiger partial charge in [0, 0.05) is 26.1 Å². The molecule has 0 aromatic rings. The average molecular weight is 227 g/mol. The van der Waals surface area contributed by atoms with Crippen LogP contribution >= 0.6 is 0 Å². The van der Waals surface area contributed by atoms with Crippen molar-refractivity contribution >= 4 is 5.97 Å². The maximum Gasteiger partial charge on any atom is 0.303 e. The molecule has 2 saturated heterocycles. The summed E-state index contributed by atoms with van der Waals surface area (Å²) in [6, 6.07) is 0. The molecule has 1 N–H and O–H groups in total. The molecule has 0 aromatic carbocycles. The number of ether oxygens (including phenoxy) is 1. The van der Waals surface area contributed by atoms with Crippen LogP contribution in [0.4, 0.5) is 0 Å². The lowest BCUT2D eigenvalue weighted by Crippen LogP contribution is -2.30. The lowest BCUT2D eigenvalue weighted by Gasteiger charge is -2.19. The van der Waals surface area contributed by atoms with Gasteiger partial charge in [-0.05, 0) is 38.1 Å². The zero-order chi connectivity index (χ0) is 11.4. The van der Waals surface area contributed by atoms with Gasteiger partial charge in [-0.1, -0.05) is 0 Å². The van der Waals surface area contributed by atoms with Crippen molar-refractivity contribution in [3.63, 3.8) is 0 Å². The molecule has 0 aliphatic carbocycles. The molecule has 2 aliphatic heterocycles. The highest BCUT2D eigenvalue weighted by atomic mass is 16.5. The monoisotopic (exact) mass is 227 g/mol. The summed E-state index contributed by atoms with van der Waals surface area (Å²) in [6.45, 7) is 4.14. The van der Waals surface area contributed by atoms with Gasteiger partial charge in [0.25, 0.3) is 0 Å². The summed E-state index contributed by atoms with van der Waals surface area (Å²) in [5.41, 5.74) is 0. The lowest BCUT2D eigenvalue weighted by molar-refractivity contribution is -0.137. The van der Waals surface area contributed by atoms with Crippen LogP contribution in [-0.2, 0) is 9.53 Å². The largest absolute Gasteiger partial charge is 0.481 e. The van der Waals surface area contributed by atoms with Gasteiger partial charge >= 0.3 is 5.97 Å². The van der Waals surface area contributed by atoms with E-state index in [9.17, 15) is 4.79 Å². The van der Waals surface area contributed by atoms with Crippen LogP contribution in [0.5, 0.6) is 0 Å². The second-order valence-electron chi connectivity index (χ2n) is 4.98. The molecule has 16 heavy (non-hydrogen) atoms. The van der Waals surface area contributed by atoms with E-state index in [0.29, 0.717) is 18.4 Å². The van der Waals surface area contributed by atoms with E-state index in [1.807, 2.05) is 0 Å². The van der Waals surface area contributed by atoms with Gasteiger partial charge in [-0.15, -0.1) is 0 Å². The summed E-state index contributed by atoms with van der Waals surface area (Å²) < 4.78 is 5.61. The fourth-order valence-electron chi connectivity index (χ4n) is 2.72. The number of likely N-dealkylation sites (tertiary alicyclic amines) is 1. The van der Waals surface area contributed by atoms with E-state index in [4.69, 9.17) is 9.84 Å². The maximum atomic E-state index is 10.5. The Morgan fingerprint density at radius 1 is 1.44 bits per heavy atom. The first kappa shape index (κ1) is 11.9. The SMILES string of the molecule is O=C(O)CCC1CCN(CC2CCCO2)C1. The highest BCUT2D eigenvalue weighted by molar-refractivity contribution is 5.66. The number of carboxylic acids is 1. The molecule has 92 valence electrons. The third-order valence-electron chi connectivity index (χ3n) is 3.62. The molecule has 4 heteroatoms. The zero-order valence-electron chi connectivity index (χ0n) is 9.73. The van der Waals surface area contributed by atoms with Crippen molar-refractivity contribution in [2.24, 2.45) is 5.92 Å². The van der Waals surface area contributed by atoms with Crippen LogP contribution in [0.3, 0.4) is 0 Å². The standard InChI is InChI=1S/C12H21NO3/c14-12(15)4-3-10-5-6-13(8-10)9-11-2-1-7-16-11/h10-11H,1-9H2,(H,14,15). The van der Waals surface area contributed by atoms with Gasteiger partial charge in [0.1, 0.15) is 0 Å². The molecule has 4 nitrogen and oxygen atoms in total. The van der Waals surface area contributed by atoms with Gasteiger partial charge in [0.15, 0.2) is 0 Å². The Labute approximate surface area is 96.6 Å². The minimum absolute atomic E-state index is 0.318. The van der Waals surface area contributed by atoms with Crippen LogP contribution < -0.4 is 0 Å². The molecule has 2 aliphatic rings. The fraction of sp³-hybridized carbons (Fsp3) is 0.917. The van der Waals surface area contributed by atoms with Crippen LogP contribution in [0.2, 0.25) is 0 Å². The first-order chi connectivity index (χ1) is 7.74. The summed E-state index contributed by atoms with van der Waals surface area (Å²) in [6.07, 6.45) is 5.12. The number of rotatable bonds is 5. The number of aliphatic carboxylic acids is 1. The first-order valence-electron chi connectivity index (χ1n) is 6.30. The average Bonchev–Trinajstić information content (AvgIpc) is 2.87. The first-order valence-corrected chi connectivity index (χ1v) is 6.30. The van der Waals surface area contributed by atoms with Gasteiger partial charge in [0.05, 0.1) is 6.10 Å². The smallest absolute Gasteiger partial charge is 0.303 e. The van der Waals surface area contributed by atoms with Gasteiger partial charge in [-0.2, -0.15) is 0 Å². The third kappa shape index (κ3) is 3.46. The molecule has 0 saturated carbocycles. The van der Waals surface area contributed by atoms with Crippen molar-refractivity contribution in [3.8, 4) is 0 Å². The summed E-state index contributed by atoms with van der Waals surface area (Å²) in [7, 11) is 0. The van der Waals surface area contributed by atoms with Crippen molar-refractivity contribution in [1.29, 1.82) is 0 Å². The van der Waals surface area contributed by atoms with Crippen LogP contribution in [0, 0.1) is 5.92 Å². The molecule has 2 rings (SSSR count). The summed E-state index contributed by atoms with van der Waals surface area (Å²) in [5.74, 6) is -0.0879. The van der Waals surface area contributed by atoms with Crippen molar-refractivity contribution in [3.05, 3.63) is 0 Å². The van der Waals surface area contributed by atoms with Gasteiger partial charge in [0.2, 0.25) is 0 Å².